The lowest BCUT2D eigenvalue weighted by atomic mass is 9.86. The standard InChI is InChI=1S/C17H24ClNO4S/c18-14-6-7-16(23-12-13-3-1-4-13)17(11-14)24(20,21)19-15-5-2-9-22-10-8-15/h6-7,11,13,15,19H,1-5,8-10,12H2. The summed E-state index contributed by atoms with van der Waals surface area (Å²) in [6, 6.07) is 4.66. The first-order chi connectivity index (χ1) is 11.5. The van der Waals surface area contributed by atoms with Crippen molar-refractivity contribution in [3.05, 3.63) is 23.2 Å². The molecule has 1 aliphatic heterocycles. The molecule has 2 fully saturated rings. The number of rotatable bonds is 6. The summed E-state index contributed by atoms with van der Waals surface area (Å²) < 4.78 is 39.6. The Bertz CT molecular complexity index is 653. The molecule has 1 aromatic rings. The smallest absolute Gasteiger partial charge is 0.244 e. The molecule has 1 aromatic carbocycles. The highest BCUT2D eigenvalue weighted by Crippen LogP contribution is 2.31. The van der Waals surface area contributed by atoms with E-state index in [1.165, 1.54) is 12.5 Å². The molecular formula is C17H24ClNO4S. The SMILES string of the molecule is O=S(=O)(NC1CCCOCC1)c1cc(Cl)ccc1OCC1CCC1. The maximum Gasteiger partial charge on any atom is 0.244 e. The number of nitrogens with one attached hydrogen (secondary N) is 1. The molecule has 1 saturated carbocycles. The van der Waals surface area contributed by atoms with Gasteiger partial charge < -0.3 is 9.47 Å². The Morgan fingerprint density at radius 3 is 2.75 bits per heavy atom. The number of hydrogen-bond donors (Lipinski definition) is 1. The van der Waals surface area contributed by atoms with Crippen molar-refractivity contribution in [1.82, 2.24) is 4.72 Å². The third-order valence-corrected chi connectivity index (χ3v) is 6.45. The van der Waals surface area contributed by atoms with Gasteiger partial charge in [0, 0.05) is 24.3 Å². The molecule has 0 aromatic heterocycles. The van der Waals surface area contributed by atoms with Crippen molar-refractivity contribution < 1.29 is 17.9 Å². The Kier molecular flexibility index (Phi) is 6.02. The number of halogens is 1. The van der Waals surface area contributed by atoms with E-state index in [1.54, 1.807) is 12.1 Å². The van der Waals surface area contributed by atoms with Crippen LogP contribution in [0.2, 0.25) is 5.02 Å². The van der Waals surface area contributed by atoms with Crippen molar-refractivity contribution in [1.29, 1.82) is 0 Å². The molecule has 1 aliphatic carbocycles. The summed E-state index contributed by atoms with van der Waals surface area (Å²) in [7, 11) is -3.68. The molecule has 1 atom stereocenters. The molecule has 2 aliphatic rings. The molecular weight excluding hydrogens is 350 g/mol. The van der Waals surface area contributed by atoms with Gasteiger partial charge in [-0.1, -0.05) is 18.0 Å². The second-order valence-corrected chi connectivity index (χ2v) is 8.68. The van der Waals surface area contributed by atoms with Crippen LogP contribution >= 0.6 is 11.6 Å². The third kappa shape index (κ3) is 4.63. The quantitative estimate of drug-likeness (QED) is 0.830. The van der Waals surface area contributed by atoms with Gasteiger partial charge in [0.05, 0.1) is 6.61 Å². The second-order valence-electron chi connectivity index (χ2n) is 6.56. The first kappa shape index (κ1) is 18.0. The van der Waals surface area contributed by atoms with Gasteiger partial charge in [0.2, 0.25) is 10.0 Å². The van der Waals surface area contributed by atoms with Crippen molar-refractivity contribution in [2.45, 2.75) is 49.5 Å². The van der Waals surface area contributed by atoms with Gasteiger partial charge in [0.1, 0.15) is 10.6 Å². The van der Waals surface area contributed by atoms with Crippen molar-refractivity contribution in [2.24, 2.45) is 5.92 Å². The lowest BCUT2D eigenvalue weighted by Crippen LogP contribution is -2.35. The van der Waals surface area contributed by atoms with E-state index in [0.29, 0.717) is 42.9 Å². The average Bonchev–Trinajstić information content (AvgIpc) is 2.75. The van der Waals surface area contributed by atoms with Gasteiger partial charge in [0.25, 0.3) is 0 Å². The van der Waals surface area contributed by atoms with Crippen molar-refractivity contribution in [3.8, 4) is 5.75 Å². The van der Waals surface area contributed by atoms with Gasteiger partial charge in [-0.25, -0.2) is 13.1 Å². The van der Waals surface area contributed by atoms with Crippen LogP contribution in [0.1, 0.15) is 38.5 Å². The molecule has 24 heavy (non-hydrogen) atoms. The van der Waals surface area contributed by atoms with E-state index in [2.05, 4.69) is 4.72 Å². The van der Waals surface area contributed by atoms with Crippen LogP contribution in [-0.2, 0) is 14.8 Å². The van der Waals surface area contributed by atoms with E-state index in [1.807, 2.05) is 0 Å². The molecule has 3 rings (SSSR count). The summed E-state index contributed by atoms with van der Waals surface area (Å²) in [5, 5.41) is 0.385. The zero-order valence-electron chi connectivity index (χ0n) is 13.7. The fourth-order valence-electron chi connectivity index (χ4n) is 2.98. The normalized spacial score (nSPS) is 22.6. The van der Waals surface area contributed by atoms with Crippen LogP contribution < -0.4 is 9.46 Å². The minimum absolute atomic E-state index is 0.115. The maximum atomic E-state index is 12.8. The van der Waals surface area contributed by atoms with Crippen molar-refractivity contribution >= 4 is 21.6 Å². The molecule has 7 heteroatoms. The van der Waals surface area contributed by atoms with E-state index >= 15 is 0 Å². The van der Waals surface area contributed by atoms with Gasteiger partial charge >= 0.3 is 0 Å². The van der Waals surface area contributed by atoms with Crippen molar-refractivity contribution in [3.63, 3.8) is 0 Å². The fourth-order valence-corrected chi connectivity index (χ4v) is 4.70. The van der Waals surface area contributed by atoms with Gasteiger partial charge in [-0.2, -0.15) is 0 Å². The Balaban J connectivity index is 1.75. The van der Waals surface area contributed by atoms with Gasteiger partial charge in [-0.3, -0.25) is 0 Å². The van der Waals surface area contributed by atoms with E-state index < -0.39 is 10.0 Å². The lowest BCUT2D eigenvalue weighted by Gasteiger charge is -2.26. The molecule has 1 N–H and O–H groups in total. The molecule has 0 amide bonds. The first-order valence-corrected chi connectivity index (χ1v) is 10.4. The Morgan fingerprint density at radius 2 is 2.00 bits per heavy atom. The summed E-state index contributed by atoms with van der Waals surface area (Å²) in [5.74, 6) is 0.909. The van der Waals surface area contributed by atoms with Gasteiger partial charge in [-0.15, -0.1) is 0 Å². The molecule has 5 nitrogen and oxygen atoms in total. The largest absolute Gasteiger partial charge is 0.492 e. The summed E-state index contributed by atoms with van der Waals surface area (Å²) in [6.07, 6.45) is 5.83. The van der Waals surface area contributed by atoms with Crippen molar-refractivity contribution in [2.75, 3.05) is 19.8 Å². The Labute approximate surface area is 148 Å². The summed E-state index contributed by atoms with van der Waals surface area (Å²) >= 11 is 6.03. The Hall–Kier alpha value is -0.820. The maximum absolute atomic E-state index is 12.8. The van der Waals surface area contributed by atoms with Crippen LogP contribution in [-0.4, -0.2) is 34.3 Å². The first-order valence-electron chi connectivity index (χ1n) is 8.57. The van der Waals surface area contributed by atoms with E-state index in [-0.39, 0.29) is 10.9 Å². The van der Waals surface area contributed by atoms with E-state index in [9.17, 15) is 8.42 Å². The summed E-state index contributed by atoms with van der Waals surface area (Å²) in [4.78, 5) is 0.125. The minimum atomic E-state index is -3.68. The highest BCUT2D eigenvalue weighted by Gasteiger charge is 2.26. The predicted molar refractivity (Wildman–Crippen MR) is 93.1 cm³/mol. The minimum Gasteiger partial charge on any atom is -0.492 e. The van der Waals surface area contributed by atoms with Crippen LogP contribution in [0.4, 0.5) is 0 Å². The molecule has 0 bridgehead atoms. The predicted octanol–water partition coefficient (Wildman–Crippen LogP) is 3.37. The highest BCUT2D eigenvalue weighted by molar-refractivity contribution is 7.89. The van der Waals surface area contributed by atoms with Gasteiger partial charge in [0.15, 0.2) is 0 Å². The zero-order chi connectivity index (χ0) is 17.0. The zero-order valence-corrected chi connectivity index (χ0v) is 15.2. The second kappa shape index (κ2) is 8.04. The highest BCUT2D eigenvalue weighted by atomic mass is 35.5. The average molecular weight is 374 g/mol. The number of ether oxygens (including phenoxy) is 2. The van der Waals surface area contributed by atoms with Crippen LogP contribution in [0.25, 0.3) is 0 Å². The van der Waals surface area contributed by atoms with Crippen LogP contribution in [0, 0.1) is 5.92 Å². The van der Waals surface area contributed by atoms with Gasteiger partial charge in [-0.05, 0) is 56.2 Å². The van der Waals surface area contributed by atoms with Crippen LogP contribution in [0.15, 0.2) is 23.1 Å². The number of sulfonamides is 1. The van der Waals surface area contributed by atoms with E-state index in [0.717, 1.165) is 25.7 Å². The molecule has 1 heterocycles. The molecule has 1 saturated heterocycles. The summed E-state index contributed by atoms with van der Waals surface area (Å²) in [5.41, 5.74) is 0. The molecule has 134 valence electrons. The lowest BCUT2D eigenvalue weighted by molar-refractivity contribution is 0.143. The topological polar surface area (TPSA) is 64.6 Å². The number of benzene rings is 1. The van der Waals surface area contributed by atoms with E-state index in [4.69, 9.17) is 21.1 Å². The third-order valence-electron chi connectivity index (χ3n) is 4.67. The summed E-state index contributed by atoms with van der Waals surface area (Å²) in [6.45, 7) is 1.82. The molecule has 0 radical (unpaired) electrons. The Morgan fingerprint density at radius 1 is 1.17 bits per heavy atom. The fraction of sp³-hybridized carbons (Fsp3) is 0.647. The molecule has 1 unspecified atom stereocenters. The van der Waals surface area contributed by atoms with Crippen LogP contribution in [0.5, 0.6) is 5.75 Å². The number of hydrogen-bond acceptors (Lipinski definition) is 4. The molecule has 0 spiro atoms. The monoisotopic (exact) mass is 373 g/mol. The van der Waals surface area contributed by atoms with Crippen LogP contribution in [0.3, 0.4) is 0 Å².